The van der Waals surface area contributed by atoms with Crippen LogP contribution in [0.1, 0.15) is 34.4 Å². The molecule has 4 aromatic rings. The Bertz CT molecular complexity index is 1730. The largest absolute Gasteiger partial charge is 0.339 e. The third-order valence-electron chi connectivity index (χ3n) is 8.28. The number of benzene rings is 3. The SMILES string of the molecule is CC(=O)N1CCN(C(=O)CN2C(=O)CSC(c3ccccc3F)c3c(-c4ccccc4)nn(-c4ccc(C)cc4C)c32)CC1. The molecular weight excluding hydrogens is 577 g/mol. The van der Waals surface area contributed by atoms with Crippen LogP contribution in [0.25, 0.3) is 16.9 Å². The van der Waals surface area contributed by atoms with E-state index in [1.165, 1.54) is 29.7 Å². The van der Waals surface area contributed by atoms with Crippen LogP contribution in [0, 0.1) is 19.7 Å². The molecule has 1 atom stereocenters. The summed E-state index contributed by atoms with van der Waals surface area (Å²) in [7, 11) is 0. The number of aromatic nitrogens is 2. The summed E-state index contributed by atoms with van der Waals surface area (Å²) in [5, 5.41) is 4.57. The number of fused-ring (bicyclic) bond motifs is 1. The van der Waals surface area contributed by atoms with Crippen LogP contribution in [0.2, 0.25) is 0 Å². The van der Waals surface area contributed by atoms with Crippen molar-refractivity contribution >= 4 is 35.3 Å². The summed E-state index contributed by atoms with van der Waals surface area (Å²) < 4.78 is 17.2. The molecule has 226 valence electrons. The Hall–Kier alpha value is -4.44. The summed E-state index contributed by atoms with van der Waals surface area (Å²) in [6.07, 6.45) is 0. The quantitative estimate of drug-likeness (QED) is 0.312. The number of halogens is 1. The van der Waals surface area contributed by atoms with E-state index < -0.39 is 5.25 Å². The molecular formula is C34H34FN5O3S. The highest BCUT2D eigenvalue weighted by Crippen LogP contribution is 2.49. The van der Waals surface area contributed by atoms with Gasteiger partial charge in [0.25, 0.3) is 0 Å². The van der Waals surface area contributed by atoms with Crippen LogP contribution in [-0.2, 0) is 14.4 Å². The highest BCUT2D eigenvalue weighted by Gasteiger charge is 2.39. The molecule has 8 nitrogen and oxygen atoms in total. The second-order valence-corrected chi connectivity index (χ2v) is 12.3. The van der Waals surface area contributed by atoms with Gasteiger partial charge in [-0.25, -0.2) is 9.07 Å². The standard InChI is InChI=1S/C34H34FN5O3S/c1-22-13-14-28(23(2)19-22)40-34-31(32(36-40)25-9-5-4-6-10-25)33(26-11-7-8-12-27(26)35)44-21-30(43)39(34)20-29(42)38-17-15-37(16-18-38)24(3)41/h4-14,19,33H,15-18,20-21H2,1-3H3. The van der Waals surface area contributed by atoms with Gasteiger partial charge < -0.3 is 9.80 Å². The van der Waals surface area contributed by atoms with Gasteiger partial charge in [0.05, 0.1) is 22.4 Å². The Morgan fingerprint density at radius 3 is 2.30 bits per heavy atom. The second kappa shape index (κ2) is 12.3. The zero-order valence-corrected chi connectivity index (χ0v) is 25.8. The summed E-state index contributed by atoms with van der Waals surface area (Å²) in [5.41, 5.74) is 5.41. The highest BCUT2D eigenvalue weighted by molar-refractivity contribution is 8.00. The van der Waals surface area contributed by atoms with E-state index in [0.29, 0.717) is 48.8 Å². The molecule has 6 rings (SSSR count). The molecule has 2 aliphatic heterocycles. The number of rotatable bonds is 5. The summed E-state index contributed by atoms with van der Waals surface area (Å²) in [5.74, 6) is -0.330. The van der Waals surface area contributed by atoms with Crippen molar-refractivity contribution < 1.29 is 18.8 Å². The molecule has 2 aliphatic rings. The third-order valence-corrected chi connectivity index (χ3v) is 9.51. The summed E-state index contributed by atoms with van der Waals surface area (Å²) in [6, 6.07) is 22.3. The Balaban J connectivity index is 1.54. The van der Waals surface area contributed by atoms with Crippen LogP contribution in [0.3, 0.4) is 0 Å². The van der Waals surface area contributed by atoms with Crippen molar-refractivity contribution in [2.45, 2.75) is 26.0 Å². The number of aryl methyl sites for hydroxylation is 2. The predicted molar refractivity (Wildman–Crippen MR) is 170 cm³/mol. The van der Waals surface area contributed by atoms with Gasteiger partial charge in [0.1, 0.15) is 18.2 Å². The lowest BCUT2D eigenvalue weighted by Gasteiger charge is -2.35. The first kappa shape index (κ1) is 29.6. The number of thioether (sulfide) groups is 1. The molecule has 3 aromatic carbocycles. The van der Waals surface area contributed by atoms with Crippen molar-refractivity contribution in [2.75, 3.05) is 43.4 Å². The first-order valence-corrected chi connectivity index (χ1v) is 15.7. The van der Waals surface area contributed by atoms with Crippen LogP contribution in [0.15, 0.2) is 72.8 Å². The topological polar surface area (TPSA) is 78.8 Å². The summed E-state index contributed by atoms with van der Waals surface area (Å²) in [6.45, 7) is 7.02. The van der Waals surface area contributed by atoms with Crippen LogP contribution in [0.4, 0.5) is 10.2 Å². The van der Waals surface area contributed by atoms with Gasteiger partial charge in [0.15, 0.2) is 0 Å². The number of carbonyl (C=O) groups is 3. The molecule has 1 unspecified atom stereocenters. The van der Waals surface area contributed by atoms with Crippen LogP contribution in [-0.4, -0.2) is 75.8 Å². The normalized spacial score (nSPS) is 17.0. The number of anilines is 1. The zero-order chi connectivity index (χ0) is 31.0. The van der Waals surface area contributed by atoms with Gasteiger partial charge in [0.2, 0.25) is 17.7 Å². The number of amides is 3. The molecule has 3 amide bonds. The molecule has 0 saturated carbocycles. The summed E-state index contributed by atoms with van der Waals surface area (Å²) >= 11 is 1.34. The molecule has 0 N–H and O–H groups in total. The summed E-state index contributed by atoms with van der Waals surface area (Å²) in [4.78, 5) is 44.6. The fourth-order valence-electron chi connectivity index (χ4n) is 5.98. The van der Waals surface area contributed by atoms with E-state index in [9.17, 15) is 14.4 Å². The second-order valence-electron chi connectivity index (χ2n) is 11.2. The van der Waals surface area contributed by atoms with E-state index in [0.717, 1.165) is 22.4 Å². The highest BCUT2D eigenvalue weighted by atomic mass is 32.2. The van der Waals surface area contributed by atoms with Gasteiger partial charge in [-0.05, 0) is 31.5 Å². The maximum Gasteiger partial charge on any atom is 0.242 e. The molecule has 0 spiro atoms. The number of hydrogen-bond donors (Lipinski definition) is 0. The molecule has 0 radical (unpaired) electrons. The Labute approximate surface area is 260 Å². The average Bonchev–Trinajstić information content (AvgIpc) is 3.34. The van der Waals surface area contributed by atoms with E-state index in [2.05, 4.69) is 6.07 Å². The number of nitrogens with zero attached hydrogens (tertiary/aromatic N) is 5. The molecule has 44 heavy (non-hydrogen) atoms. The van der Waals surface area contributed by atoms with Crippen LogP contribution in [0.5, 0.6) is 0 Å². The Kier molecular flexibility index (Phi) is 8.27. The lowest BCUT2D eigenvalue weighted by Crippen LogP contribution is -2.53. The molecule has 0 bridgehead atoms. The van der Waals surface area contributed by atoms with Gasteiger partial charge in [-0.2, -0.15) is 5.10 Å². The first-order valence-electron chi connectivity index (χ1n) is 14.7. The molecule has 0 aliphatic carbocycles. The molecule has 1 fully saturated rings. The van der Waals surface area contributed by atoms with E-state index in [-0.39, 0.29) is 35.8 Å². The first-order chi connectivity index (χ1) is 21.2. The number of carbonyl (C=O) groups excluding carboxylic acids is 3. The van der Waals surface area contributed by atoms with Crippen molar-refractivity contribution in [3.05, 3.63) is 101 Å². The fourth-order valence-corrected chi connectivity index (χ4v) is 7.20. The maximum atomic E-state index is 15.5. The smallest absolute Gasteiger partial charge is 0.242 e. The van der Waals surface area contributed by atoms with E-state index in [1.807, 2.05) is 56.3 Å². The van der Waals surface area contributed by atoms with Crippen molar-refractivity contribution in [2.24, 2.45) is 0 Å². The minimum absolute atomic E-state index is 0.0218. The van der Waals surface area contributed by atoms with Crippen molar-refractivity contribution in [3.8, 4) is 16.9 Å². The molecule has 1 saturated heterocycles. The minimum Gasteiger partial charge on any atom is -0.339 e. The Morgan fingerprint density at radius 1 is 0.932 bits per heavy atom. The van der Waals surface area contributed by atoms with Crippen molar-refractivity contribution in [1.82, 2.24) is 19.6 Å². The molecule has 3 heterocycles. The number of piperazine rings is 1. The van der Waals surface area contributed by atoms with E-state index in [1.54, 1.807) is 32.7 Å². The maximum absolute atomic E-state index is 15.5. The van der Waals surface area contributed by atoms with Gasteiger partial charge in [-0.1, -0.05) is 66.2 Å². The van der Waals surface area contributed by atoms with E-state index >= 15 is 4.39 Å². The predicted octanol–water partition coefficient (Wildman–Crippen LogP) is 5.16. The van der Waals surface area contributed by atoms with Gasteiger partial charge in [-0.3, -0.25) is 19.3 Å². The van der Waals surface area contributed by atoms with Crippen LogP contribution >= 0.6 is 11.8 Å². The van der Waals surface area contributed by atoms with Crippen molar-refractivity contribution in [1.29, 1.82) is 0 Å². The van der Waals surface area contributed by atoms with Crippen molar-refractivity contribution in [3.63, 3.8) is 0 Å². The lowest BCUT2D eigenvalue weighted by atomic mass is 9.99. The monoisotopic (exact) mass is 611 g/mol. The third kappa shape index (κ3) is 5.61. The van der Waals surface area contributed by atoms with Crippen LogP contribution < -0.4 is 4.90 Å². The average molecular weight is 612 g/mol. The van der Waals surface area contributed by atoms with Gasteiger partial charge >= 0.3 is 0 Å². The zero-order valence-electron chi connectivity index (χ0n) is 25.0. The molecule has 10 heteroatoms. The van der Waals surface area contributed by atoms with Gasteiger partial charge in [-0.15, -0.1) is 11.8 Å². The van der Waals surface area contributed by atoms with Gasteiger partial charge in [0, 0.05) is 49.8 Å². The lowest BCUT2D eigenvalue weighted by molar-refractivity contribution is -0.137. The number of hydrogen-bond acceptors (Lipinski definition) is 5. The van der Waals surface area contributed by atoms with E-state index in [4.69, 9.17) is 5.10 Å². The fraction of sp³-hybridized carbons (Fsp3) is 0.294. The molecule has 1 aromatic heterocycles. The minimum atomic E-state index is -0.552. The Morgan fingerprint density at radius 2 is 1.61 bits per heavy atom.